The molecule has 1 atom stereocenters. The van der Waals surface area contributed by atoms with E-state index in [1.165, 1.54) is 0 Å². The first-order valence-electron chi connectivity index (χ1n) is 9.00. The van der Waals surface area contributed by atoms with Gasteiger partial charge in [0.15, 0.2) is 0 Å². The molecule has 0 N–H and O–H groups in total. The maximum absolute atomic E-state index is 12.0. The summed E-state index contributed by atoms with van der Waals surface area (Å²) in [6.45, 7) is -4.59. The molecular weight excluding hydrogens is 769 g/mol. The molecule has 1 nitrogen and oxygen atoms in total. The van der Waals surface area contributed by atoms with Crippen LogP contribution in [0.15, 0.2) is 24.3 Å². The average molecular weight is 841 g/mol. The first kappa shape index (κ1) is 118. The molecule has 18 heteroatoms. The van der Waals surface area contributed by atoms with Crippen molar-refractivity contribution >= 4 is 0 Å². The Morgan fingerprint density at radius 1 is 0.625 bits per heavy atom. The van der Waals surface area contributed by atoms with Crippen molar-refractivity contribution in [2.24, 2.45) is 0 Å². The zero-order valence-corrected chi connectivity index (χ0v) is 22.4. The van der Waals surface area contributed by atoms with Gasteiger partial charge in [0.2, 0.25) is 27.6 Å². The van der Waals surface area contributed by atoms with Crippen molar-refractivity contribution in [3.05, 3.63) is 35.9 Å². The van der Waals surface area contributed by atoms with Gasteiger partial charge in [-0.3, -0.25) is 4.39 Å². The van der Waals surface area contributed by atoms with Gasteiger partial charge >= 0.3 is 12.6 Å². The summed E-state index contributed by atoms with van der Waals surface area (Å²) in [5.41, 5.74) is 1.11. The fraction of sp³-hybridized carbons (Fsp3) is 0.800. The molecule has 0 bridgehead atoms. The largest absolute Gasteiger partial charge is 0.559 e. The smallest absolute Gasteiger partial charge is 0.255 e. The molecule has 0 aliphatic rings. The van der Waals surface area contributed by atoms with Gasteiger partial charge in [0.25, 0.3) is 0 Å². The van der Waals surface area contributed by atoms with Crippen LogP contribution in [0.4, 0.5) is 70.4 Å². The monoisotopic (exact) mass is 840 g/mol. The Kier molecular flexibility index (Phi) is 239. The van der Waals surface area contributed by atoms with Crippen molar-refractivity contribution in [1.82, 2.24) is 0 Å². The fourth-order valence-corrected chi connectivity index (χ4v) is 1.83. The Bertz CT molecular complexity index is 460. The summed E-state index contributed by atoms with van der Waals surface area (Å²) >= 11 is 0. The molecular formula is C30H71F16OY-. The molecule has 0 saturated carbocycles. The Hall–Kier alpha value is -0.836. The Labute approximate surface area is 310 Å². The van der Waals surface area contributed by atoms with Crippen LogP contribution in [-0.2, 0) is 37.7 Å². The van der Waals surface area contributed by atoms with Crippen LogP contribution in [0.3, 0.4) is 0 Å². The van der Waals surface area contributed by atoms with E-state index in [0.29, 0.717) is 13.6 Å². The van der Waals surface area contributed by atoms with Crippen molar-refractivity contribution in [1.29, 1.82) is 0 Å². The summed E-state index contributed by atoms with van der Waals surface area (Å²) in [7, 11) is 0.500. The van der Waals surface area contributed by atoms with E-state index in [0.717, 1.165) is 12.0 Å². The SMILES string of the molecule is C.C.C.C.C.C.C.C.C.C.C.CCC(CCCC(F)(F)F)c1cc[c-]cc1.CF.FC(F)(F)F.FCF.FCF.FCF.FCOF.[Y]. The van der Waals surface area contributed by atoms with Gasteiger partial charge in [-0.25, -0.2) is 30.7 Å². The third-order valence-electron chi connectivity index (χ3n) is 2.76. The van der Waals surface area contributed by atoms with Gasteiger partial charge < -0.3 is 0 Å². The zero-order valence-electron chi connectivity index (χ0n) is 19.6. The van der Waals surface area contributed by atoms with E-state index in [2.05, 4.69) is 11.0 Å². The molecule has 0 aliphatic carbocycles. The first-order valence-corrected chi connectivity index (χ1v) is 9.00. The van der Waals surface area contributed by atoms with Gasteiger partial charge in [0.1, 0.15) is 0 Å². The molecule has 1 rings (SSSR count). The Morgan fingerprint density at radius 2 is 0.854 bits per heavy atom. The van der Waals surface area contributed by atoms with Crippen LogP contribution in [0.2, 0.25) is 0 Å². The van der Waals surface area contributed by atoms with E-state index >= 15 is 0 Å². The van der Waals surface area contributed by atoms with E-state index in [-0.39, 0.29) is 127 Å². The second-order valence-electron chi connectivity index (χ2n) is 4.90. The third kappa shape index (κ3) is 197. The Morgan fingerprint density at radius 3 is 1.02 bits per heavy atom. The van der Waals surface area contributed by atoms with E-state index in [1.807, 2.05) is 31.2 Å². The molecule has 0 saturated heterocycles. The van der Waals surface area contributed by atoms with Crippen molar-refractivity contribution in [3.8, 4) is 0 Å². The topological polar surface area (TPSA) is 9.23 Å². The summed E-state index contributed by atoms with van der Waals surface area (Å²) in [6, 6.07) is 10.4. The minimum absolute atomic E-state index is 0. The maximum atomic E-state index is 12.0. The molecule has 0 aliphatic heterocycles. The van der Waals surface area contributed by atoms with Gasteiger partial charge in [-0.2, -0.15) is 54.0 Å². The molecule has 1 unspecified atom stereocenters. The predicted octanol–water partition coefficient (Wildman–Crippen LogP) is 17.2. The predicted molar refractivity (Wildman–Crippen MR) is 176 cm³/mol. The number of rotatable bonds is 6. The van der Waals surface area contributed by atoms with Gasteiger partial charge in [0, 0.05) is 39.1 Å². The molecule has 1 radical (unpaired) electrons. The average Bonchev–Trinajstić information content (AvgIpc) is 2.79. The van der Waals surface area contributed by atoms with E-state index < -0.39 is 46.7 Å². The number of benzene rings is 1. The van der Waals surface area contributed by atoms with Crippen LogP contribution in [-0.4, -0.2) is 47.4 Å². The van der Waals surface area contributed by atoms with Crippen LogP contribution in [0, 0.1) is 6.07 Å². The van der Waals surface area contributed by atoms with Crippen molar-refractivity contribution < 1.29 is 108 Å². The van der Waals surface area contributed by atoms with E-state index in [9.17, 15) is 70.4 Å². The summed E-state index contributed by atoms with van der Waals surface area (Å²) in [5.74, 6) is 0.233. The zero-order chi connectivity index (χ0) is 30.1. The fourth-order valence-electron chi connectivity index (χ4n) is 1.83. The maximum Gasteiger partial charge on any atom is 0.559 e. The molecule has 0 heterocycles. The molecule has 313 valence electrons. The normalized spacial score (nSPS) is 7.71. The van der Waals surface area contributed by atoms with Crippen molar-refractivity contribution in [3.63, 3.8) is 0 Å². The standard InChI is InChI=1S/C13H16F3.CF4.CH2F2O.3CH2F2.CH3F.11CH4.Y/c1-2-11(9-6-10-13(14,15)16)12-7-4-3-5-8-12;2-1(3,4)5;2-1-4-3;3*2-1-3;1-2;;;;;;;;;;;;/h4-5,7-8,11H,2,6,9-10H2,1H3;;1H2;3*1H2;1H3;11*1H4;/q-1;;;;;;;;;;;;;;;;;;. The summed E-state index contributed by atoms with van der Waals surface area (Å²) in [5, 5.41) is 0. The van der Waals surface area contributed by atoms with Crippen molar-refractivity contribution in [2.75, 3.05) is 34.8 Å². The molecule has 0 amide bonds. The van der Waals surface area contributed by atoms with Crippen LogP contribution < -0.4 is 0 Å². The van der Waals surface area contributed by atoms with Crippen LogP contribution in [0.25, 0.3) is 0 Å². The second kappa shape index (κ2) is 97.0. The minimum Gasteiger partial charge on any atom is -0.255 e. The quantitative estimate of drug-likeness (QED) is 0.205. The van der Waals surface area contributed by atoms with Gasteiger partial charge in [-0.1, -0.05) is 95.0 Å². The number of hydrogen-bond donors (Lipinski definition) is 0. The molecule has 48 heavy (non-hydrogen) atoms. The number of hydrogen-bond acceptors (Lipinski definition) is 1. The number of alkyl halides is 15. The third-order valence-corrected chi connectivity index (χ3v) is 2.76. The van der Waals surface area contributed by atoms with E-state index in [1.54, 1.807) is 0 Å². The van der Waals surface area contributed by atoms with Crippen LogP contribution in [0.5, 0.6) is 0 Å². The number of halogens is 16. The van der Waals surface area contributed by atoms with E-state index in [4.69, 9.17) is 0 Å². The van der Waals surface area contributed by atoms with Crippen molar-refractivity contribution in [2.45, 2.75) is 133 Å². The molecule has 0 fully saturated rings. The van der Waals surface area contributed by atoms with Gasteiger partial charge in [-0.15, -0.1) is 17.6 Å². The minimum atomic E-state index is -5.50. The van der Waals surface area contributed by atoms with Crippen LogP contribution >= 0.6 is 0 Å². The van der Waals surface area contributed by atoms with Gasteiger partial charge in [0.05, 0.1) is 7.18 Å². The Balaban J connectivity index is -0.0000000153. The second-order valence-corrected chi connectivity index (χ2v) is 4.90. The summed E-state index contributed by atoms with van der Waals surface area (Å²) < 4.78 is 162. The summed E-state index contributed by atoms with van der Waals surface area (Å²) in [4.78, 5) is 2.38. The molecule has 1 aromatic carbocycles. The van der Waals surface area contributed by atoms with Crippen LogP contribution in [0.1, 0.15) is 126 Å². The van der Waals surface area contributed by atoms with Gasteiger partial charge in [-0.05, 0) is 23.3 Å². The first-order chi connectivity index (χ1) is 16.7. The molecule has 1 aromatic rings. The molecule has 0 aromatic heterocycles. The molecule has 0 spiro atoms. The summed E-state index contributed by atoms with van der Waals surface area (Å²) in [6.07, 6.45) is -8.52.